The Hall–Kier alpha value is -3.33. The summed E-state index contributed by atoms with van der Waals surface area (Å²) < 4.78 is 6.36. The van der Waals surface area contributed by atoms with Crippen molar-refractivity contribution < 1.29 is 9.21 Å². The number of anilines is 2. The Kier molecular flexibility index (Phi) is 7.50. The van der Waals surface area contributed by atoms with E-state index in [1.54, 1.807) is 24.0 Å². The largest absolute Gasteiger partial charge is 0.452 e. The minimum absolute atomic E-state index is 0.0971. The molecule has 6 nitrogen and oxygen atoms in total. The number of nitrogens with zero attached hydrogens (tertiary/aromatic N) is 2. The molecule has 1 aliphatic heterocycles. The number of hydrogen-bond donors (Lipinski definition) is 2. The highest BCUT2D eigenvalue weighted by Gasteiger charge is 2.42. The summed E-state index contributed by atoms with van der Waals surface area (Å²) in [5, 5.41) is 8.03. The van der Waals surface area contributed by atoms with Crippen LogP contribution in [0.3, 0.4) is 0 Å². The van der Waals surface area contributed by atoms with Crippen LogP contribution in [0, 0.1) is 5.92 Å². The minimum atomic E-state index is -0.306. The lowest BCUT2D eigenvalue weighted by atomic mass is 10.0. The molecule has 3 heterocycles. The van der Waals surface area contributed by atoms with Gasteiger partial charge in [-0.25, -0.2) is 0 Å². The van der Waals surface area contributed by atoms with Crippen molar-refractivity contribution in [3.8, 4) is 0 Å². The van der Waals surface area contributed by atoms with Crippen molar-refractivity contribution in [3.05, 3.63) is 102 Å². The smallest absolute Gasteiger partial charge is 0.226 e. The van der Waals surface area contributed by atoms with Gasteiger partial charge in [0, 0.05) is 22.7 Å². The quantitative estimate of drug-likeness (QED) is 0.236. The maximum absolute atomic E-state index is 12.2. The Morgan fingerprint density at radius 1 is 1.11 bits per heavy atom. The summed E-state index contributed by atoms with van der Waals surface area (Å²) in [4.78, 5) is 19.9. The second-order valence-electron chi connectivity index (χ2n) is 8.88. The molecule has 5 rings (SSSR count). The molecule has 4 aromatic rings. The number of amides is 1. The van der Waals surface area contributed by atoms with E-state index in [-0.39, 0.29) is 23.9 Å². The molecule has 9 heteroatoms. The number of carbonyl (C=O) groups excluding carboxylic acids is 1. The van der Waals surface area contributed by atoms with Gasteiger partial charge in [-0.15, -0.1) is 0 Å². The van der Waals surface area contributed by atoms with E-state index in [9.17, 15) is 4.79 Å². The molecule has 2 atom stereocenters. The Balaban J connectivity index is 1.50. The van der Waals surface area contributed by atoms with Crippen LogP contribution >= 0.6 is 35.6 Å². The van der Waals surface area contributed by atoms with E-state index >= 15 is 0 Å². The average Bonchev–Trinajstić information content (AvgIpc) is 3.50. The van der Waals surface area contributed by atoms with E-state index in [2.05, 4.69) is 15.6 Å². The predicted molar refractivity (Wildman–Crippen MR) is 152 cm³/mol. The lowest BCUT2D eigenvalue weighted by molar-refractivity contribution is -0.118. The fourth-order valence-electron chi connectivity index (χ4n) is 4.11. The van der Waals surface area contributed by atoms with Crippen molar-refractivity contribution in [1.29, 1.82) is 0 Å². The van der Waals surface area contributed by atoms with E-state index in [4.69, 9.17) is 28.2 Å². The lowest BCUT2D eigenvalue weighted by Crippen LogP contribution is -2.29. The molecule has 2 aromatic carbocycles. The van der Waals surface area contributed by atoms with E-state index < -0.39 is 0 Å². The van der Waals surface area contributed by atoms with Crippen LogP contribution in [-0.2, 0) is 4.79 Å². The van der Waals surface area contributed by atoms with Crippen molar-refractivity contribution in [3.63, 3.8) is 0 Å². The van der Waals surface area contributed by atoms with Crippen molar-refractivity contribution in [2.75, 3.05) is 10.2 Å². The number of hydrogen-bond acceptors (Lipinski definition) is 5. The SMILES string of the molecule is CC(C)C(=O)Nc1ccc(N2C(=S)N[C@H](c3ccccn3)[C@H]2c2ccc(Sc3ccccc3)o2)cc1Cl. The molecule has 0 aliphatic carbocycles. The van der Waals surface area contributed by atoms with Gasteiger partial charge in [0.2, 0.25) is 5.91 Å². The van der Waals surface area contributed by atoms with Gasteiger partial charge in [0.15, 0.2) is 10.2 Å². The van der Waals surface area contributed by atoms with Crippen LogP contribution in [0.1, 0.15) is 37.4 Å². The first kappa shape index (κ1) is 25.3. The van der Waals surface area contributed by atoms with E-state index in [1.165, 1.54) is 0 Å². The van der Waals surface area contributed by atoms with Gasteiger partial charge in [-0.1, -0.05) is 61.5 Å². The molecule has 0 saturated carbocycles. The number of thiocarbonyl (C=S) groups is 1. The van der Waals surface area contributed by atoms with Crippen LogP contribution in [-0.4, -0.2) is 16.0 Å². The molecule has 1 amide bonds. The fraction of sp³-hybridized carbons (Fsp3) is 0.179. The van der Waals surface area contributed by atoms with Gasteiger partial charge in [0.1, 0.15) is 11.8 Å². The molecule has 37 heavy (non-hydrogen) atoms. The second-order valence-corrected chi connectivity index (χ2v) is 10.7. The van der Waals surface area contributed by atoms with Gasteiger partial charge in [0.25, 0.3) is 0 Å². The van der Waals surface area contributed by atoms with E-state index in [0.717, 1.165) is 27.1 Å². The zero-order valence-electron chi connectivity index (χ0n) is 20.2. The van der Waals surface area contributed by atoms with E-state index in [0.29, 0.717) is 15.8 Å². The summed E-state index contributed by atoms with van der Waals surface area (Å²) in [5.74, 6) is 0.492. The van der Waals surface area contributed by atoms with Gasteiger partial charge in [-0.05, 0) is 66.8 Å². The summed E-state index contributed by atoms with van der Waals surface area (Å²) in [5.41, 5.74) is 2.18. The number of aromatic nitrogens is 1. The maximum atomic E-state index is 12.2. The first-order chi connectivity index (χ1) is 17.9. The Bertz CT molecular complexity index is 1410. The van der Waals surface area contributed by atoms with Crippen molar-refractivity contribution in [1.82, 2.24) is 10.3 Å². The number of furan rings is 1. The molecule has 1 fully saturated rings. The lowest BCUT2D eigenvalue weighted by Gasteiger charge is -2.26. The average molecular weight is 549 g/mol. The molecular weight excluding hydrogens is 524 g/mol. The zero-order chi connectivity index (χ0) is 25.9. The molecule has 188 valence electrons. The van der Waals surface area contributed by atoms with Crippen LogP contribution in [0.2, 0.25) is 5.02 Å². The molecule has 0 bridgehead atoms. The minimum Gasteiger partial charge on any atom is -0.452 e. The van der Waals surface area contributed by atoms with Gasteiger partial charge in [0.05, 0.1) is 22.4 Å². The summed E-state index contributed by atoms with van der Waals surface area (Å²) >= 11 is 14.0. The topological polar surface area (TPSA) is 70.4 Å². The number of halogens is 1. The first-order valence-corrected chi connectivity index (χ1v) is 13.4. The van der Waals surface area contributed by atoms with Crippen molar-refractivity contribution in [2.24, 2.45) is 5.92 Å². The molecule has 0 radical (unpaired) electrons. The number of nitrogens with one attached hydrogen (secondary N) is 2. The zero-order valence-corrected chi connectivity index (χ0v) is 22.6. The number of carbonyl (C=O) groups is 1. The van der Waals surface area contributed by atoms with Gasteiger partial charge in [-0.3, -0.25) is 9.78 Å². The Morgan fingerprint density at radius 3 is 2.59 bits per heavy atom. The molecule has 2 N–H and O–H groups in total. The summed E-state index contributed by atoms with van der Waals surface area (Å²) in [6.45, 7) is 3.67. The predicted octanol–water partition coefficient (Wildman–Crippen LogP) is 7.25. The summed E-state index contributed by atoms with van der Waals surface area (Å²) in [7, 11) is 0. The molecule has 1 saturated heterocycles. The highest BCUT2D eigenvalue weighted by molar-refractivity contribution is 7.99. The Labute approximate surface area is 230 Å². The fourth-order valence-corrected chi connectivity index (χ4v) is 5.47. The number of rotatable bonds is 7. The standard InChI is InChI=1S/C28H25ClN4O2S2/c1-17(2)27(34)31-21-12-11-18(16-20(21)29)33-26(25(32-28(33)36)22-10-6-7-15-30-22)23-13-14-24(35-23)37-19-8-4-3-5-9-19/h3-17,25-26H,1-2H3,(H,31,34)(H,32,36)/t25-,26-/m1/s1. The molecular formula is C28H25ClN4O2S2. The highest BCUT2D eigenvalue weighted by atomic mass is 35.5. The van der Waals surface area contributed by atoms with Crippen molar-refractivity contribution in [2.45, 2.75) is 35.9 Å². The van der Waals surface area contributed by atoms with E-state index in [1.807, 2.05) is 91.5 Å². The normalized spacial score (nSPS) is 17.2. The van der Waals surface area contributed by atoms with Crippen LogP contribution < -0.4 is 15.5 Å². The summed E-state index contributed by atoms with van der Waals surface area (Å²) in [6, 6.07) is 24.8. The second kappa shape index (κ2) is 11.0. The van der Waals surface area contributed by atoms with Gasteiger partial charge in [-0.2, -0.15) is 0 Å². The number of benzene rings is 2. The number of pyridine rings is 1. The third kappa shape index (κ3) is 5.51. The van der Waals surface area contributed by atoms with Crippen molar-refractivity contribution >= 4 is 58.0 Å². The third-order valence-corrected chi connectivity index (χ3v) is 7.52. The van der Waals surface area contributed by atoms with Gasteiger partial charge >= 0.3 is 0 Å². The monoisotopic (exact) mass is 548 g/mol. The maximum Gasteiger partial charge on any atom is 0.226 e. The van der Waals surface area contributed by atoms with Crippen LogP contribution in [0.25, 0.3) is 0 Å². The molecule has 0 spiro atoms. The van der Waals surface area contributed by atoms with Gasteiger partial charge < -0.3 is 20.0 Å². The third-order valence-electron chi connectivity index (χ3n) is 5.97. The molecule has 0 unspecified atom stereocenters. The Morgan fingerprint density at radius 2 is 1.89 bits per heavy atom. The highest BCUT2D eigenvalue weighted by Crippen LogP contribution is 2.44. The van der Waals surface area contributed by atoms with Crippen LogP contribution in [0.5, 0.6) is 0 Å². The van der Waals surface area contributed by atoms with Crippen LogP contribution in [0.15, 0.2) is 99.5 Å². The summed E-state index contributed by atoms with van der Waals surface area (Å²) in [6.07, 6.45) is 1.77. The molecule has 1 aliphatic rings. The molecule has 2 aromatic heterocycles. The van der Waals surface area contributed by atoms with Crippen LogP contribution in [0.4, 0.5) is 11.4 Å². The first-order valence-electron chi connectivity index (χ1n) is 11.8.